The van der Waals surface area contributed by atoms with Crippen LogP contribution in [0.3, 0.4) is 0 Å². The predicted octanol–water partition coefficient (Wildman–Crippen LogP) is 5.74. The summed E-state index contributed by atoms with van der Waals surface area (Å²) >= 11 is 6.05. The fourth-order valence-corrected chi connectivity index (χ4v) is 5.24. The number of hydrogen-bond donors (Lipinski definition) is 0. The minimum atomic E-state index is -0.613. The van der Waals surface area contributed by atoms with Crippen molar-refractivity contribution in [3.05, 3.63) is 82.9 Å². The number of halogens is 1. The zero-order valence-corrected chi connectivity index (χ0v) is 18.8. The standard InChI is InChI=1S/C27H27ClN2O2/c28-23-14-10-19(11-15-23)17-30-25(31)18-29(24-8-2-1-3-9-24)27(32)26(30)22-13-12-20-6-4-5-7-21(20)16-22/h4-7,10-16,24,26H,1-3,8-9,17-18H2. The lowest BCUT2D eigenvalue weighted by atomic mass is 9.91. The van der Waals surface area contributed by atoms with Crippen LogP contribution in [-0.2, 0) is 16.1 Å². The minimum Gasteiger partial charge on any atom is -0.328 e. The zero-order chi connectivity index (χ0) is 22.1. The first-order valence-electron chi connectivity index (χ1n) is 11.4. The van der Waals surface area contributed by atoms with Crippen LogP contribution < -0.4 is 0 Å². The largest absolute Gasteiger partial charge is 0.328 e. The van der Waals surface area contributed by atoms with Gasteiger partial charge in [0.05, 0.1) is 0 Å². The van der Waals surface area contributed by atoms with Crippen molar-refractivity contribution >= 4 is 34.2 Å². The molecule has 1 atom stereocenters. The third kappa shape index (κ3) is 4.12. The molecule has 1 aliphatic heterocycles. The van der Waals surface area contributed by atoms with Crippen LogP contribution in [-0.4, -0.2) is 34.2 Å². The average molecular weight is 447 g/mol. The molecule has 3 aromatic carbocycles. The van der Waals surface area contributed by atoms with Gasteiger partial charge in [-0.25, -0.2) is 0 Å². The van der Waals surface area contributed by atoms with Gasteiger partial charge in [-0.05, 0) is 52.9 Å². The van der Waals surface area contributed by atoms with Gasteiger partial charge in [0.15, 0.2) is 0 Å². The summed E-state index contributed by atoms with van der Waals surface area (Å²) < 4.78 is 0. The summed E-state index contributed by atoms with van der Waals surface area (Å²) in [5.74, 6) is 0.0454. The first-order valence-corrected chi connectivity index (χ1v) is 11.8. The number of fused-ring (bicyclic) bond motifs is 1. The molecule has 1 heterocycles. The van der Waals surface area contributed by atoms with Gasteiger partial charge in [-0.15, -0.1) is 0 Å². The normalized spacial score (nSPS) is 20.2. The van der Waals surface area contributed by atoms with Gasteiger partial charge in [-0.3, -0.25) is 9.59 Å². The van der Waals surface area contributed by atoms with E-state index in [4.69, 9.17) is 11.6 Å². The highest BCUT2D eigenvalue weighted by atomic mass is 35.5. The number of piperazine rings is 1. The topological polar surface area (TPSA) is 40.6 Å². The van der Waals surface area contributed by atoms with Crippen LogP contribution in [0.2, 0.25) is 5.02 Å². The summed E-state index contributed by atoms with van der Waals surface area (Å²) in [4.78, 5) is 30.9. The fraction of sp³-hybridized carbons (Fsp3) is 0.333. The van der Waals surface area contributed by atoms with Gasteiger partial charge in [-0.1, -0.05) is 79.4 Å². The van der Waals surface area contributed by atoms with Crippen LogP contribution >= 0.6 is 11.6 Å². The first kappa shape index (κ1) is 21.0. The summed E-state index contributed by atoms with van der Waals surface area (Å²) in [6.07, 6.45) is 5.43. The van der Waals surface area contributed by atoms with Crippen molar-refractivity contribution in [2.45, 2.75) is 50.7 Å². The second kappa shape index (κ2) is 8.95. The van der Waals surface area contributed by atoms with E-state index in [0.29, 0.717) is 11.6 Å². The van der Waals surface area contributed by atoms with E-state index in [2.05, 4.69) is 18.2 Å². The van der Waals surface area contributed by atoms with Gasteiger partial charge in [0.2, 0.25) is 5.91 Å². The highest BCUT2D eigenvalue weighted by Crippen LogP contribution is 2.34. The van der Waals surface area contributed by atoms with Gasteiger partial charge in [-0.2, -0.15) is 0 Å². The molecule has 1 aliphatic carbocycles. The maximum absolute atomic E-state index is 13.9. The van der Waals surface area contributed by atoms with Gasteiger partial charge in [0, 0.05) is 17.6 Å². The Labute approximate surface area is 193 Å². The monoisotopic (exact) mass is 446 g/mol. The van der Waals surface area contributed by atoms with Crippen LogP contribution in [0.1, 0.15) is 49.3 Å². The molecule has 2 aliphatic rings. The summed E-state index contributed by atoms with van der Waals surface area (Å²) in [5, 5.41) is 2.86. The molecule has 2 fully saturated rings. The van der Waals surface area contributed by atoms with Crippen LogP contribution in [0, 0.1) is 0 Å². The molecule has 0 aromatic heterocycles. The average Bonchev–Trinajstić information content (AvgIpc) is 2.83. The third-order valence-corrected chi connectivity index (χ3v) is 7.08. The van der Waals surface area contributed by atoms with Crippen LogP contribution in [0.25, 0.3) is 10.8 Å². The highest BCUT2D eigenvalue weighted by molar-refractivity contribution is 6.30. The second-order valence-electron chi connectivity index (χ2n) is 8.92. The molecule has 0 bridgehead atoms. The van der Waals surface area contributed by atoms with E-state index in [-0.39, 0.29) is 24.4 Å². The van der Waals surface area contributed by atoms with Crippen LogP contribution in [0.5, 0.6) is 0 Å². The van der Waals surface area contributed by atoms with Crippen molar-refractivity contribution < 1.29 is 9.59 Å². The summed E-state index contributed by atoms with van der Waals surface area (Å²) in [5.41, 5.74) is 1.84. The number of nitrogens with zero attached hydrogens (tertiary/aromatic N) is 2. The first-order chi connectivity index (χ1) is 15.6. The van der Waals surface area contributed by atoms with E-state index in [9.17, 15) is 9.59 Å². The van der Waals surface area contributed by atoms with E-state index in [0.717, 1.165) is 47.6 Å². The molecule has 5 heteroatoms. The molecule has 0 spiro atoms. The highest BCUT2D eigenvalue weighted by Gasteiger charge is 2.42. The summed E-state index contributed by atoms with van der Waals surface area (Å²) in [6.45, 7) is 0.554. The molecule has 3 aromatic rings. The molecule has 1 saturated carbocycles. The lowest BCUT2D eigenvalue weighted by molar-refractivity contribution is -0.160. The van der Waals surface area contributed by atoms with Crippen molar-refractivity contribution in [3.63, 3.8) is 0 Å². The van der Waals surface area contributed by atoms with Crippen LogP contribution in [0.15, 0.2) is 66.7 Å². The van der Waals surface area contributed by atoms with E-state index in [1.165, 1.54) is 6.42 Å². The molecule has 0 N–H and O–H groups in total. The Morgan fingerprint density at radius 3 is 2.31 bits per heavy atom. The SMILES string of the molecule is O=C1C(c2ccc3ccccc3c2)N(Cc2ccc(Cl)cc2)C(=O)CN1C1CCCCC1. The zero-order valence-electron chi connectivity index (χ0n) is 18.0. The summed E-state index contributed by atoms with van der Waals surface area (Å²) in [7, 11) is 0. The molecule has 164 valence electrons. The molecule has 1 unspecified atom stereocenters. The summed E-state index contributed by atoms with van der Waals surface area (Å²) in [6, 6.07) is 21.3. The number of carbonyl (C=O) groups excluding carboxylic acids is 2. The van der Waals surface area contributed by atoms with Crippen molar-refractivity contribution in [1.82, 2.24) is 9.80 Å². The van der Waals surface area contributed by atoms with Crippen molar-refractivity contribution in [2.75, 3.05) is 6.54 Å². The van der Waals surface area contributed by atoms with Gasteiger partial charge in [0.25, 0.3) is 5.91 Å². The van der Waals surface area contributed by atoms with Gasteiger partial charge < -0.3 is 9.80 Å². The number of amides is 2. The Bertz CT molecular complexity index is 1140. The van der Waals surface area contributed by atoms with E-state index < -0.39 is 6.04 Å². The molecule has 2 amide bonds. The third-order valence-electron chi connectivity index (χ3n) is 6.83. The van der Waals surface area contributed by atoms with Crippen molar-refractivity contribution in [2.24, 2.45) is 0 Å². The fourth-order valence-electron chi connectivity index (χ4n) is 5.12. The maximum Gasteiger partial charge on any atom is 0.250 e. The van der Waals surface area contributed by atoms with E-state index in [1.807, 2.05) is 53.4 Å². The molecule has 4 nitrogen and oxygen atoms in total. The van der Waals surface area contributed by atoms with Gasteiger partial charge in [0.1, 0.15) is 12.6 Å². The number of hydrogen-bond acceptors (Lipinski definition) is 2. The van der Waals surface area contributed by atoms with Crippen molar-refractivity contribution in [1.29, 1.82) is 0 Å². The Kier molecular flexibility index (Phi) is 5.88. The smallest absolute Gasteiger partial charge is 0.250 e. The van der Waals surface area contributed by atoms with E-state index >= 15 is 0 Å². The quantitative estimate of drug-likeness (QED) is 0.512. The Hall–Kier alpha value is -2.85. The van der Waals surface area contributed by atoms with Crippen molar-refractivity contribution in [3.8, 4) is 0 Å². The number of benzene rings is 3. The molecular weight excluding hydrogens is 420 g/mol. The molecular formula is C27H27ClN2O2. The maximum atomic E-state index is 13.9. The van der Waals surface area contributed by atoms with Gasteiger partial charge >= 0.3 is 0 Å². The molecule has 1 saturated heterocycles. The Balaban J connectivity index is 1.53. The molecule has 0 radical (unpaired) electrons. The number of rotatable bonds is 4. The number of carbonyl (C=O) groups is 2. The van der Waals surface area contributed by atoms with Crippen LogP contribution in [0.4, 0.5) is 0 Å². The second-order valence-corrected chi connectivity index (χ2v) is 9.35. The van der Waals surface area contributed by atoms with E-state index in [1.54, 1.807) is 4.90 Å². The molecule has 32 heavy (non-hydrogen) atoms. The lowest BCUT2D eigenvalue weighted by Crippen LogP contribution is -2.58. The lowest BCUT2D eigenvalue weighted by Gasteiger charge is -2.44. The predicted molar refractivity (Wildman–Crippen MR) is 127 cm³/mol. The Morgan fingerprint density at radius 1 is 0.844 bits per heavy atom. The minimum absolute atomic E-state index is 0.00304. The Morgan fingerprint density at radius 2 is 1.56 bits per heavy atom. The molecule has 5 rings (SSSR count).